The van der Waals surface area contributed by atoms with Gasteiger partial charge >= 0.3 is 0 Å². The quantitative estimate of drug-likeness (QED) is 0.875. The van der Waals surface area contributed by atoms with E-state index in [0.29, 0.717) is 31.1 Å². The number of rotatable bonds is 6. The highest BCUT2D eigenvalue weighted by Gasteiger charge is 2.12. The van der Waals surface area contributed by atoms with E-state index in [1.165, 1.54) is 0 Å². The molecule has 1 atom stereocenters. The zero-order valence-electron chi connectivity index (χ0n) is 12.9. The van der Waals surface area contributed by atoms with Crippen molar-refractivity contribution in [3.63, 3.8) is 0 Å². The van der Waals surface area contributed by atoms with E-state index in [2.05, 4.69) is 23.7 Å². The molecule has 0 aliphatic carbocycles. The van der Waals surface area contributed by atoms with Crippen LogP contribution in [0.4, 0.5) is 0 Å². The molecule has 2 aromatic rings. The Kier molecular flexibility index (Phi) is 5.09. The van der Waals surface area contributed by atoms with Gasteiger partial charge < -0.3 is 5.11 Å². The van der Waals surface area contributed by atoms with Crippen LogP contribution in [0.25, 0.3) is 10.9 Å². The number of aliphatic hydroxyl groups excluding tert-OH is 1. The fourth-order valence-corrected chi connectivity index (χ4v) is 2.40. The standard InChI is InChI=1S/C16H23N3O2/c1-12(2)18(10-13(3)20)8-9-19-11-17-15-7-5-4-6-14(15)16(19)21/h4-7,11-13,20H,8-10H2,1-3H3. The molecule has 0 spiro atoms. The van der Waals surface area contributed by atoms with Gasteiger partial charge in [0.1, 0.15) is 0 Å². The van der Waals surface area contributed by atoms with Gasteiger partial charge in [0, 0.05) is 25.7 Å². The maximum Gasteiger partial charge on any atom is 0.261 e. The highest BCUT2D eigenvalue weighted by atomic mass is 16.3. The van der Waals surface area contributed by atoms with Crippen LogP contribution in [0.5, 0.6) is 0 Å². The van der Waals surface area contributed by atoms with Crippen LogP contribution in [0.2, 0.25) is 0 Å². The summed E-state index contributed by atoms with van der Waals surface area (Å²) in [7, 11) is 0. The van der Waals surface area contributed by atoms with Gasteiger partial charge in [-0.25, -0.2) is 4.98 Å². The van der Waals surface area contributed by atoms with Gasteiger partial charge in [0.05, 0.1) is 23.3 Å². The van der Waals surface area contributed by atoms with Crippen LogP contribution in [-0.4, -0.2) is 44.8 Å². The lowest BCUT2D eigenvalue weighted by molar-refractivity contribution is 0.105. The second kappa shape index (κ2) is 6.83. The third-order valence-electron chi connectivity index (χ3n) is 3.59. The summed E-state index contributed by atoms with van der Waals surface area (Å²) in [5.41, 5.74) is 0.713. The molecule has 0 aliphatic rings. The van der Waals surface area contributed by atoms with Crippen molar-refractivity contribution in [2.75, 3.05) is 13.1 Å². The number of fused-ring (bicyclic) bond motifs is 1. The average molecular weight is 289 g/mol. The predicted octanol–water partition coefficient (Wildman–Crippen LogP) is 1.49. The first-order valence-corrected chi connectivity index (χ1v) is 7.35. The minimum absolute atomic E-state index is 0.0126. The maximum atomic E-state index is 12.4. The molecule has 1 unspecified atom stereocenters. The van der Waals surface area contributed by atoms with Crippen molar-refractivity contribution < 1.29 is 5.11 Å². The topological polar surface area (TPSA) is 58.4 Å². The maximum absolute atomic E-state index is 12.4. The first-order valence-electron chi connectivity index (χ1n) is 7.35. The molecule has 0 amide bonds. The lowest BCUT2D eigenvalue weighted by Gasteiger charge is -2.27. The van der Waals surface area contributed by atoms with E-state index in [1.807, 2.05) is 18.2 Å². The lowest BCUT2D eigenvalue weighted by Crippen LogP contribution is -2.39. The van der Waals surface area contributed by atoms with Crippen LogP contribution in [0.15, 0.2) is 35.4 Å². The highest BCUT2D eigenvalue weighted by molar-refractivity contribution is 5.76. The molecule has 1 aromatic heterocycles. The van der Waals surface area contributed by atoms with Gasteiger partial charge in [-0.05, 0) is 32.9 Å². The van der Waals surface area contributed by atoms with Crippen LogP contribution in [0.3, 0.4) is 0 Å². The Labute approximate surface area is 124 Å². The molecule has 1 N–H and O–H groups in total. The summed E-state index contributed by atoms with van der Waals surface area (Å²) >= 11 is 0. The number of aliphatic hydroxyl groups is 1. The van der Waals surface area contributed by atoms with Crippen LogP contribution < -0.4 is 5.56 Å². The molecule has 1 heterocycles. The average Bonchev–Trinajstić information content (AvgIpc) is 2.45. The predicted molar refractivity (Wildman–Crippen MR) is 84.4 cm³/mol. The first kappa shape index (κ1) is 15.7. The number of para-hydroxylation sites is 1. The van der Waals surface area contributed by atoms with Gasteiger partial charge in [0.25, 0.3) is 5.56 Å². The minimum atomic E-state index is -0.376. The molecule has 0 aliphatic heterocycles. The van der Waals surface area contributed by atoms with Crippen molar-refractivity contribution in [1.82, 2.24) is 14.5 Å². The Morgan fingerprint density at radius 1 is 1.29 bits per heavy atom. The van der Waals surface area contributed by atoms with Crippen LogP contribution in [0.1, 0.15) is 20.8 Å². The summed E-state index contributed by atoms with van der Waals surface area (Å²) in [6, 6.07) is 7.70. The third kappa shape index (κ3) is 3.89. The Morgan fingerprint density at radius 2 is 2.00 bits per heavy atom. The Hall–Kier alpha value is -1.72. The van der Waals surface area contributed by atoms with E-state index in [4.69, 9.17) is 0 Å². The number of aromatic nitrogens is 2. The monoisotopic (exact) mass is 289 g/mol. The largest absolute Gasteiger partial charge is 0.392 e. The van der Waals surface area contributed by atoms with E-state index in [1.54, 1.807) is 23.9 Å². The molecule has 0 saturated carbocycles. The number of hydrogen-bond donors (Lipinski definition) is 1. The molecule has 21 heavy (non-hydrogen) atoms. The van der Waals surface area contributed by atoms with E-state index < -0.39 is 0 Å². The molecule has 2 rings (SSSR count). The van der Waals surface area contributed by atoms with Crippen LogP contribution in [0, 0.1) is 0 Å². The summed E-state index contributed by atoms with van der Waals surface area (Å²) < 4.78 is 1.64. The fourth-order valence-electron chi connectivity index (χ4n) is 2.40. The zero-order chi connectivity index (χ0) is 15.4. The molecule has 5 heteroatoms. The molecular weight excluding hydrogens is 266 g/mol. The Morgan fingerprint density at radius 3 is 2.67 bits per heavy atom. The van der Waals surface area contributed by atoms with Crippen molar-refractivity contribution in [2.45, 2.75) is 39.5 Å². The summed E-state index contributed by atoms with van der Waals surface area (Å²) in [5, 5.41) is 10.2. The summed E-state index contributed by atoms with van der Waals surface area (Å²) in [5.74, 6) is 0. The SMILES string of the molecule is CC(O)CN(CCn1cnc2ccccc2c1=O)C(C)C. The van der Waals surface area contributed by atoms with Gasteiger partial charge in [-0.15, -0.1) is 0 Å². The second-order valence-electron chi connectivity index (χ2n) is 5.70. The van der Waals surface area contributed by atoms with E-state index in [0.717, 1.165) is 5.52 Å². The normalized spacial score (nSPS) is 13.2. The molecule has 0 bridgehead atoms. The molecule has 1 aromatic carbocycles. The van der Waals surface area contributed by atoms with Gasteiger partial charge in [0.2, 0.25) is 0 Å². The lowest BCUT2D eigenvalue weighted by atomic mass is 10.2. The minimum Gasteiger partial charge on any atom is -0.392 e. The molecule has 5 nitrogen and oxygen atoms in total. The number of nitrogens with zero attached hydrogens (tertiary/aromatic N) is 3. The molecular formula is C16H23N3O2. The Bertz CT molecular complexity index is 649. The fraction of sp³-hybridized carbons (Fsp3) is 0.500. The van der Waals surface area contributed by atoms with Crippen LogP contribution >= 0.6 is 0 Å². The van der Waals surface area contributed by atoms with E-state index in [9.17, 15) is 9.90 Å². The van der Waals surface area contributed by atoms with Crippen LogP contribution in [-0.2, 0) is 6.54 Å². The molecule has 0 saturated heterocycles. The zero-order valence-corrected chi connectivity index (χ0v) is 12.9. The number of hydrogen-bond acceptors (Lipinski definition) is 4. The first-order chi connectivity index (χ1) is 9.99. The Balaban J connectivity index is 2.16. The van der Waals surface area contributed by atoms with Crippen molar-refractivity contribution in [3.8, 4) is 0 Å². The highest BCUT2D eigenvalue weighted by Crippen LogP contribution is 2.05. The van der Waals surface area contributed by atoms with Crippen molar-refractivity contribution in [2.24, 2.45) is 0 Å². The van der Waals surface area contributed by atoms with Gasteiger partial charge in [0.15, 0.2) is 0 Å². The van der Waals surface area contributed by atoms with E-state index >= 15 is 0 Å². The molecule has 0 radical (unpaired) electrons. The number of benzene rings is 1. The van der Waals surface area contributed by atoms with Gasteiger partial charge in [-0.1, -0.05) is 12.1 Å². The van der Waals surface area contributed by atoms with Gasteiger partial charge in [-0.2, -0.15) is 0 Å². The summed E-state index contributed by atoms with van der Waals surface area (Å²) in [4.78, 5) is 18.9. The third-order valence-corrected chi connectivity index (χ3v) is 3.59. The van der Waals surface area contributed by atoms with E-state index in [-0.39, 0.29) is 11.7 Å². The smallest absolute Gasteiger partial charge is 0.261 e. The summed E-state index contributed by atoms with van der Waals surface area (Å²) in [6.45, 7) is 7.84. The van der Waals surface area contributed by atoms with Crippen molar-refractivity contribution in [3.05, 3.63) is 40.9 Å². The van der Waals surface area contributed by atoms with Gasteiger partial charge in [-0.3, -0.25) is 14.3 Å². The van der Waals surface area contributed by atoms with Crippen molar-refractivity contribution in [1.29, 1.82) is 0 Å². The molecule has 114 valence electrons. The van der Waals surface area contributed by atoms with Crippen molar-refractivity contribution >= 4 is 10.9 Å². The molecule has 0 fully saturated rings. The summed E-state index contributed by atoms with van der Waals surface area (Å²) in [6.07, 6.45) is 1.23. The second-order valence-corrected chi connectivity index (χ2v) is 5.70.